The highest BCUT2D eigenvalue weighted by Crippen LogP contribution is 2.22. The molecule has 26 heavy (non-hydrogen) atoms. The first-order valence-corrected chi connectivity index (χ1v) is 10.1. The molecule has 6 nitrogen and oxygen atoms in total. The standard InChI is InChI=1S/C19H24N2O4S/c1-14(2)25-18-11-9-17(10-12-18)21(26(4,23)24)13-19(22)20-16-7-5-15(3)6-8-16/h5-12,14H,13H2,1-4H3,(H,20,22). The van der Waals surface area contributed by atoms with Gasteiger partial charge < -0.3 is 10.1 Å². The van der Waals surface area contributed by atoms with Crippen LogP contribution in [0.4, 0.5) is 11.4 Å². The van der Waals surface area contributed by atoms with E-state index in [0.717, 1.165) is 16.1 Å². The number of carbonyl (C=O) groups is 1. The van der Waals surface area contributed by atoms with Crippen LogP contribution in [0.15, 0.2) is 48.5 Å². The molecule has 2 aromatic rings. The minimum absolute atomic E-state index is 0.0205. The van der Waals surface area contributed by atoms with Gasteiger partial charge in [0.05, 0.1) is 18.0 Å². The van der Waals surface area contributed by atoms with Gasteiger partial charge in [0.15, 0.2) is 0 Å². The number of ether oxygens (including phenoxy) is 1. The van der Waals surface area contributed by atoms with E-state index in [1.807, 2.05) is 32.9 Å². The molecule has 0 unspecified atom stereocenters. The number of benzene rings is 2. The number of hydrogen-bond donors (Lipinski definition) is 1. The Hall–Kier alpha value is -2.54. The molecule has 0 aliphatic rings. The molecule has 0 saturated heterocycles. The Morgan fingerprint density at radius 1 is 1.08 bits per heavy atom. The third kappa shape index (κ3) is 5.77. The van der Waals surface area contributed by atoms with Gasteiger partial charge in [0, 0.05) is 5.69 Å². The van der Waals surface area contributed by atoms with Gasteiger partial charge in [-0.1, -0.05) is 17.7 Å². The summed E-state index contributed by atoms with van der Waals surface area (Å²) in [7, 11) is -3.62. The Morgan fingerprint density at radius 2 is 1.65 bits per heavy atom. The van der Waals surface area contributed by atoms with Crippen LogP contribution in [0.3, 0.4) is 0 Å². The number of hydrogen-bond acceptors (Lipinski definition) is 4. The number of anilines is 2. The Morgan fingerprint density at radius 3 is 2.15 bits per heavy atom. The highest BCUT2D eigenvalue weighted by molar-refractivity contribution is 7.92. The van der Waals surface area contributed by atoms with E-state index in [9.17, 15) is 13.2 Å². The van der Waals surface area contributed by atoms with Crippen molar-refractivity contribution in [2.45, 2.75) is 26.9 Å². The molecule has 0 aromatic heterocycles. The number of amides is 1. The number of nitrogens with one attached hydrogen (secondary N) is 1. The van der Waals surface area contributed by atoms with Crippen LogP contribution in [0.1, 0.15) is 19.4 Å². The van der Waals surface area contributed by atoms with Crippen molar-refractivity contribution in [2.24, 2.45) is 0 Å². The number of aryl methyl sites for hydroxylation is 1. The van der Waals surface area contributed by atoms with Crippen molar-refractivity contribution >= 4 is 27.3 Å². The van der Waals surface area contributed by atoms with E-state index < -0.39 is 15.9 Å². The Bertz CT molecular complexity index is 844. The molecule has 1 amide bonds. The number of rotatable bonds is 7. The van der Waals surface area contributed by atoms with E-state index in [4.69, 9.17) is 4.74 Å². The third-order valence-electron chi connectivity index (χ3n) is 3.52. The van der Waals surface area contributed by atoms with Crippen LogP contribution in [-0.2, 0) is 14.8 Å². The second-order valence-electron chi connectivity index (χ2n) is 6.34. The van der Waals surface area contributed by atoms with Gasteiger partial charge in [-0.2, -0.15) is 0 Å². The van der Waals surface area contributed by atoms with Crippen LogP contribution in [0.2, 0.25) is 0 Å². The normalized spacial score (nSPS) is 11.3. The topological polar surface area (TPSA) is 75.7 Å². The van der Waals surface area contributed by atoms with Crippen molar-refractivity contribution in [3.63, 3.8) is 0 Å². The molecule has 0 radical (unpaired) electrons. The molecular weight excluding hydrogens is 352 g/mol. The Labute approximate surface area is 154 Å². The Balaban J connectivity index is 2.14. The second-order valence-corrected chi connectivity index (χ2v) is 8.25. The van der Waals surface area contributed by atoms with Gasteiger partial charge >= 0.3 is 0 Å². The summed E-state index contributed by atoms with van der Waals surface area (Å²) in [5, 5.41) is 2.71. The predicted molar refractivity (Wildman–Crippen MR) is 104 cm³/mol. The summed E-state index contributed by atoms with van der Waals surface area (Å²) in [5.74, 6) is 0.225. The summed E-state index contributed by atoms with van der Waals surface area (Å²) in [4.78, 5) is 12.3. The lowest BCUT2D eigenvalue weighted by molar-refractivity contribution is -0.114. The molecular formula is C19H24N2O4S. The number of sulfonamides is 1. The molecule has 0 atom stereocenters. The molecule has 0 aliphatic carbocycles. The zero-order valence-electron chi connectivity index (χ0n) is 15.4. The van der Waals surface area contributed by atoms with Crippen molar-refractivity contribution in [1.29, 1.82) is 0 Å². The first kappa shape index (κ1) is 19.8. The van der Waals surface area contributed by atoms with E-state index in [2.05, 4.69) is 5.32 Å². The second kappa shape index (κ2) is 8.23. The van der Waals surface area contributed by atoms with Crippen LogP contribution in [0.25, 0.3) is 0 Å². The van der Waals surface area contributed by atoms with Crippen molar-refractivity contribution in [1.82, 2.24) is 0 Å². The molecule has 0 spiro atoms. The van der Waals surface area contributed by atoms with Gasteiger partial charge in [-0.05, 0) is 57.2 Å². The van der Waals surface area contributed by atoms with Crippen LogP contribution < -0.4 is 14.4 Å². The zero-order valence-corrected chi connectivity index (χ0v) is 16.2. The maximum absolute atomic E-state index is 12.3. The maximum Gasteiger partial charge on any atom is 0.245 e. The molecule has 0 heterocycles. The summed E-state index contributed by atoms with van der Waals surface area (Å²) in [6.07, 6.45) is 1.09. The van der Waals surface area contributed by atoms with Gasteiger partial charge in [0.1, 0.15) is 12.3 Å². The molecule has 2 rings (SSSR count). The van der Waals surface area contributed by atoms with Crippen LogP contribution in [0.5, 0.6) is 5.75 Å². The SMILES string of the molecule is Cc1ccc(NC(=O)CN(c2ccc(OC(C)C)cc2)S(C)(=O)=O)cc1. The van der Waals surface area contributed by atoms with E-state index in [1.54, 1.807) is 36.4 Å². The number of nitrogens with zero attached hydrogens (tertiary/aromatic N) is 1. The minimum atomic E-state index is -3.62. The summed E-state index contributed by atoms with van der Waals surface area (Å²) < 4.78 is 30.9. The molecule has 0 bridgehead atoms. The lowest BCUT2D eigenvalue weighted by Crippen LogP contribution is -2.37. The molecule has 1 N–H and O–H groups in total. The van der Waals surface area contributed by atoms with E-state index in [0.29, 0.717) is 17.1 Å². The largest absolute Gasteiger partial charge is 0.491 e. The van der Waals surface area contributed by atoms with E-state index >= 15 is 0 Å². The van der Waals surface area contributed by atoms with Crippen LogP contribution in [0, 0.1) is 6.92 Å². The van der Waals surface area contributed by atoms with Gasteiger partial charge in [-0.15, -0.1) is 0 Å². The van der Waals surface area contributed by atoms with Gasteiger partial charge in [-0.3, -0.25) is 9.10 Å². The summed E-state index contributed by atoms with van der Waals surface area (Å²) in [6.45, 7) is 5.46. The fourth-order valence-electron chi connectivity index (χ4n) is 2.33. The monoisotopic (exact) mass is 376 g/mol. The van der Waals surface area contributed by atoms with Crippen molar-refractivity contribution in [3.05, 3.63) is 54.1 Å². The Kier molecular flexibility index (Phi) is 6.26. The predicted octanol–water partition coefficient (Wildman–Crippen LogP) is 3.19. The minimum Gasteiger partial charge on any atom is -0.491 e. The molecule has 7 heteroatoms. The first-order valence-electron chi connectivity index (χ1n) is 8.26. The van der Waals surface area contributed by atoms with Crippen LogP contribution >= 0.6 is 0 Å². The average Bonchev–Trinajstić information content (AvgIpc) is 2.54. The lowest BCUT2D eigenvalue weighted by Gasteiger charge is -2.22. The quantitative estimate of drug-likeness (QED) is 0.805. The third-order valence-corrected chi connectivity index (χ3v) is 4.66. The van der Waals surface area contributed by atoms with Gasteiger partial charge in [0.2, 0.25) is 15.9 Å². The van der Waals surface area contributed by atoms with Crippen molar-refractivity contribution in [3.8, 4) is 5.75 Å². The van der Waals surface area contributed by atoms with Crippen LogP contribution in [-0.4, -0.2) is 33.2 Å². The first-order chi connectivity index (χ1) is 12.1. The molecule has 2 aromatic carbocycles. The maximum atomic E-state index is 12.3. The van der Waals surface area contributed by atoms with E-state index in [-0.39, 0.29) is 12.6 Å². The fraction of sp³-hybridized carbons (Fsp3) is 0.316. The summed E-state index contributed by atoms with van der Waals surface area (Å²) in [5.41, 5.74) is 2.10. The highest BCUT2D eigenvalue weighted by Gasteiger charge is 2.21. The smallest absolute Gasteiger partial charge is 0.245 e. The van der Waals surface area contributed by atoms with Gasteiger partial charge in [0.25, 0.3) is 0 Å². The van der Waals surface area contributed by atoms with Gasteiger partial charge in [-0.25, -0.2) is 8.42 Å². The number of carbonyl (C=O) groups excluding carboxylic acids is 1. The lowest BCUT2D eigenvalue weighted by atomic mass is 10.2. The summed E-state index contributed by atoms with van der Waals surface area (Å²) >= 11 is 0. The van der Waals surface area contributed by atoms with Crippen molar-refractivity contribution < 1.29 is 17.9 Å². The fourth-order valence-corrected chi connectivity index (χ4v) is 3.19. The molecule has 140 valence electrons. The van der Waals surface area contributed by atoms with E-state index in [1.165, 1.54) is 0 Å². The zero-order chi connectivity index (χ0) is 19.3. The highest BCUT2D eigenvalue weighted by atomic mass is 32.2. The molecule has 0 fully saturated rings. The average molecular weight is 376 g/mol. The molecule has 0 aliphatic heterocycles. The van der Waals surface area contributed by atoms with Crippen molar-refractivity contribution in [2.75, 3.05) is 22.4 Å². The summed E-state index contributed by atoms with van der Waals surface area (Å²) in [6, 6.07) is 13.9. The molecule has 0 saturated carbocycles.